The Kier molecular flexibility index (Phi) is 3.73. The summed E-state index contributed by atoms with van der Waals surface area (Å²) in [6.45, 7) is 1.23. The molecule has 1 aliphatic heterocycles. The number of anilines is 1. The topological polar surface area (TPSA) is 64.3 Å². The van der Waals surface area contributed by atoms with Gasteiger partial charge in [0.25, 0.3) is 0 Å². The summed E-state index contributed by atoms with van der Waals surface area (Å²) >= 11 is 5.85. The first kappa shape index (κ1) is 12.7. The van der Waals surface area contributed by atoms with E-state index >= 15 is 0 Å². The molecule has 1 saturated heterocycles. The number of nitriles is 1. The number of aliphatic carboxylic acids is 1. The molecule has 0 radical (unpaired) electrons. The molecule has 5 heteroatoms. The fraction of sp³-hybridized carbons (Fsp3) is 0.385. The average Bonchev–Trinajstić information content (AvgIpc) is 2.38. The third-order valence-corrected chi connectivity index (χ3v) is 3.43. The first-order valence-electron chi connectivity index (χ1n) is 5.79. The number of piperidine rings is 1. The second-order valence-electron chi connectivity index (χ2n) is 4.40. The highest BCUT2D eigenvalue weighted by Gasteiger charge is 2.26. The lowest BCUT2D eigenvalue weighted by atomic mass is 9.97. The van der Waals surface area contributed by atoms with Crippen molar-refractivity contribution in [3.05, 3.63) is 28.8 Å². The molecule has 0 aromatic heterocycles. The Balaban J connectivity index is 2.26. The van der Waals surface area contributed by atoms with Gasteiger partial charge in [-0.25, -0.2) is 0 Å². The van der Waals surface area contributed by atoms with E-state index in [-0.39, 0.29) is 5.92 Å². The Labute approximate surface area is 110 Å². The first-order valence-corrected chi connectivity index (χ1v) is 6.17. The number of carboxylic acid groups (broad SMARTS) is 1. The van der Waals surface area contributed by atoms with Gasteiger partial charge in [-0.05, 0) is 31.0 Å². The Hall–Kier alpha value is -1.73. The van der Waals surface area contributed by atoms with E-state index in [9.17, 15) is 4.79 Å². The number of hydrogen-bond acceptors (Lipinski definition) is 3. The minimum atomic E-state index is -0.771. The zero-order valence-corrected chi connectivity index (χ0v) is 10.5. The Bertz CT molecular complexity index is 510. The second kappa shape index (κ2) is 5.28. The van der Waals surface area contributed by atoms with E-state index in [2.05, 4.69) is 6.07 Å². The predicted octanol–water partition coefficient (Wildman–Crippen LogP) is 2.51. The molecule has 2 rings (SSSR count). The van der Waals surface area contributed by atoms with Crippen LogP contribution in [-0.2, 0) is 4.79 Å². The van der Waals surface area contributed by atoms with Gasteiger partial charge in [-0.1, -0.05) is 11.6 Å². The third-order valence-electron chi connectivity index (χ3n) is 3.19. The van der Waals surface area contributed by atoms with Gasteiger partial charge in [-0.3, -0.25) is 4.79 Å². The summed E-state index contributed by atoms with van der Waals surface area (Å²) in [4.78, 5) is 13.0. The van der Waals surface area contributed by atoms with Crippen molar-refractivity contribution in [2.24, 2.45) is 5.92 Å². The first-order chi connectivity index (χ1) is 8.61. The molecule has 18 heavy (non-hydrogen) atoms. The zero-order chi connectivity index (χ0) is 13.1. The van der Waals surface area contributed by atoms with Gasteiger partial charge in [0.1, 0.15) is 6.07 Å². The van der Waals surface area contributed by atoms with Crippen molar-refractivity contribution < 1.29 is 9.90 Å². The molecule has 1 fully saturated rings. The molecule has 0 amide bonds. The van der Waals surface area contributed by atoms with Crippen LogP contribution >= 0.6 is 11.6 Å². The normalized spacial score (nSPS) is 19.3. The van der Waals surface area contributed by atoms with Gasteiger partial charge in [-0.2, -0.15) is 5.26 Å². The number of carbonyl (C=O) groups is 1. The van der Waals surface area contributed by atoms with Gasteiger partial charge >= 0.3 is 5.97 Å². The molecule has 1 atom stereocenters. The predicted molar refractivity (Wildman–Crippen MR) is 68.7 cm³/mol. The lowest BCUT2D eigenvalue weighted by molar-refractivity contribution is -0.141. The zero-order valence-electron chi connectivity index (χ0n) is 9.77. The maximum absolute atomic E-state index is 11.0. The summed E-state index contributed by atoms with van der Waals surface area (Å²) < 4.78 is 0. The van der Waals surface area contributed by atoms with Crippen LogP contribution in [0, 0.1) is 17.2 Å². The van der Waals surface area contributed by atoms with E-state index in [0.29, 0.717) is 23.6 Å². The van der Waals surface area contributed by atoms with Crippen LogP contribution in [0.25, 0.3) is 0 Å². The second-order valence-corrected chi connectivity index (χ2v) is 4.83. The van der Waals surface area contributed by atoms with Gasteiger partial charge in [-0.15, -0.1) is 0 Å². The largest absolute Gasteiger partial charge is 0.481 e. The number of halogens is 1. The van der Waals surface area contributed by atoms with Gasteiger partial charge in [0, 0.05) is 18.1 Å². The van der Waals surface area contributed by atoms with E-state index in [4.69, 9.17) is 22.0 Å². The van der Waals surface area contributed by atoms with Crippen molar-refractivity contribution >= 4 is 23.3 Å². The number of rotatable bonds is 2. The summed E-state index contributed by atoms with van der Waals surface area (Å²) in [5, 5.41) is 18.7. The summed E-state index contributed by atoms with van der Waals surface area (Å²) in [7, 11) is 0. The molecular formula is C13H13ClN2O2. The van der Waals surface area contributed by atoms with E-state index in [0.717, 1.165) is 18.7 Å². The molecule has 1 unspecified atom stereocenters. The van der Waals surface area contributed by atoms with Crippen molar-refractivity contribution in [3.63, 3.8) is 0 Å². The Morgan fingerprint density at radius 3 is 3.00 bits per heavy atom. The van der Waals surface area contributed by atoms with E-state index in [1.54, 1.807) is 18.2 Å². The highest BCUT2D eigenvalue weighted by molar-refractivity contribution is 6.30. The van der Waals surface area contributed by atoms with Gasteiger partial charge in [0.05, 0.1) is 17.2 Å². The molecule has 1 aliphatic rings. The minimum Gasteiger partial charge on any atom is -0.481 e. The maximum atomic E-state index is 11.0. The molecule has 0 aliphatic carbocycles. The molecule has 0 saturated carbocycles. The molecule has 0 spiro atoms. The number of nitrogens with zero attached hydrogens (tertiary/aromatic N) is 2. The van der Waals surface area contributed by atoms with E-state index < -0.39 is 5.97 Å². The van der Waals surface area contributed by atoms with Gasteiger partial charge in [0.15, 0.2) is 0 Å². The lowest BCUT2D eigenvalue weighted by Gasteiger charge is -2.33. The van der Waals surface area contributed by atoms with Crippen molar-refractivity contribution in [1.82, 2.24) is 0 Å². The van der Waals surface area contributed by atoms with E-state index in [1.807, 2.05) is 4.90 Å². The molecular weight excluding hydrogens is 252 g/mol. The number of hydrogen-bond donors (Lipinski definition) is 1. The maximum Gasteiger partial charge on any atom is 0.308 e. The van der Waals surface area contributed by atoms with E-state index in [1.165, 1.54) is 0 Å². The van der Waals surface area contributed by atoms with Crippen LogP contribution in [0.5, 0.6) is 0 Å². The van der Waals surface area contributed by atoms with Gasteiger partial charge < -0.3 is 10.0 Å². The molecule has 1 N–H and O–H groups in total. The number of benzene rings is 1. The Morgan fingerprint density at radius 2 is 2.33 bits per heavy atom. The fourth-order valence-electron chi connectivity index (χ4n) is 2.27. The van der Waals surface area contributed by atoms with Crippen LogP contribution in [-0.4, -0.2) is 24.2 Å². The molecule has 1 aromatic carbocycles. The van der Waals surface area contributed by atoms with Crippen molar-refractivity contribution in [3.8, 4) is 6.07 Å². The number of carboxylic acids is 1. The monoisotopic (exact) mass is 264 g/mol. The SMILES string of the molecule is N#Cc1cc(Cl)ccc1N1CCCC(C(=O)O)C1. The van der Waals surface area contributed by atoms with Crippen LogP contribution < -0.4 is 4.90 Å². The van der Waals surface area contributed by atoms with Crippen LogP contribution in [0.2, 0.25) is 5.02 Å². The molecule has 0 bridgehead atoms. The summed E-state index contributed by atoms with van der Waals surface area (Å²) in [6, 6.07) is 7.22. The smallest absolute Gasteiger partial charge is 0.308 e. The van der Waals surface area contributed by atoms with Crippen LogP contribution in [0.1, 0.15) is 18.4 Å². The lowest BCUT2D eigenvalue weighted by Crippen LogP contribution is -2.39. The molecule has 4 nitrogen and oxygen atoms in total. The van der Waals surface area contributed by atoms with Crippen molar-refractivity contribution in [2.45, 2.75) is 12.8 Å². The van der Waals surface area contributed by atoms with Crippen molar-refractivity contribution in [1.29, 1.82) is 5.26 Å². The third kappa shape index (κ3) is 2.57. The molecule has 1 aromatic rings. The van der Waals surface area contributed by atoms with Gasteiger partial charge in [0.2, 0.25) is 0 Å². The highest BCUT2D eigenvalue weighted by atomic mass is 35.5. The van der Waals surface area contributed by atoms with Crippen LogP contribution in [0.4, 0.5) is 5.69 Å². The summed E-state index contributed by atoms with van der Waals surface area (Å²) in [6.07, 6.45) is 1.52. The highest BCUT2D eigenvalue weighted by Crippen LogP contribution is 2.28. The molecule has 1 heterocycles. The van der Waals surface area contributed by atoms with Crippen LogP contribution in [0.3, 0.4) is 0 Å². The fourth-order valence-corrected chi connectivity index (χ4v) is 2.44. The standard InChI is InChI=1S/C13H13ClN2O2/c14-11-3-4-12(10(6-11)7-15)16-5-1-2-9(8-16)13(17)18/h3-4,6,9H,1-2,5,8H2,(H,17,18). The quantitative estimate of drug-likeness (QED) is 0.891. The summed E-state index contributed by atoms with van der Waals surface area (Å²) in [5.41, 5.74) is 1.27. The molecule has 94 valence electrons. The summed E-state index contributed by atoms with van der Waals surface area (Å²) in [5.74, 6) is -1.13. The van der Waals surface area contributed by atoms with Crippen LogP contribution in [0.15, 0.2) is 18.2 Å². The Morgan fingerprint density at radius 1 is 1.56 bits per heavy atom. The minimum absolute atomic E-state index is 0.360. The van der Waals surface area contributed by atoms with Crippen molar-refractivity contribution in [2.75, 3.05) is 18.0 Å². The average molecular weight is 265 g/mol.